The highest BCUT2D eigenvalue weighted by Crippen LogP contribution is 2.52. The van der Waals surface area contributed by atoms with Crippen LogP contribution in [0.15, 0.2) is 47.7 Å². The van der Waals surface area contributed by atoms with Crippen LogP contribution in [0.3, 0.4) is 0 Å². The number of carbonyl (C=O) groups is 2. The molecule has 1 aliphatic carbocycles. The second-order valence-corrected chi connectivity index (χ2v) is 9.57. The lowest BCUT2D eigenvalue weighted by atomic mass is 9.69. The lowest BCUT2D eigenvalue weighted by Crippen LogP contribution is -2.43. The van der Waals surface area contributed by atoms with E-state index in [1.807, 2.05) is 38.1 Å². The fraction of sp³-hybridized carbons (Fsp3) is 0.385. The molecule has 1 amide bonds. The van der Waals surface area contributed by atoms with Crippen LogP contribution in [-0.4, -0.2) is 33.0 Å². The van der Waals surface area contributed by atoms with Gasteiger partial charge in [0.15, 0.2) is 17.3 Å². The molecule has 0 fully saturated rings. The van der Waals surface area contributed by atoms with E-state index in [4.69, 9.17) is 25.8 Å². The molecule has 0 saturated carbocycles. The zero-order valence-electron chi connectivity index (χ0n) is 19.5. The monoisotopic (exact) mass is 469 g/mol. The third-order valence-corrected chi connectivity index (χ3v) is 6.67. The van der Waals surface area contributed by atoms with Crippen molar-refractivity contribution in [1.82, 2.24) is 0 Å². The van der Waals surface area contributed by atoms with Gasteiger partial charge in [-0.3, -0.25) is 14.5 Å². The van der Waals surface area contributed by atoms with E-state index < -0.39 is 5.92 Å². The van der Waals surface area contributed by atoms with Gasteiger partial charge in [0.1, 0.15) is 0 Å². The molecule has 0 spiro atoms. The Hall–Kier alpha value is -2.99. The molecule has 1 heterocycles. The van der Waals surface area contributed by atoms with Crippen LogP contribution >= 0.6 is 11.6 Å². The maximum atomic E-state index is 13.6. The third-order valence-electron chi connectivity index (χ3n) is 6.35. The van der Waals surface area contributed by atoms with E-state index >= 15 is 0 Å². The lowest BCUT2D eigenvalue weighted by Gasteiger charge is -2.43. The van der Waals surface area contributed by atoms with Gasteiger partial charge in [0.05, 0.1) is 32.0 Å². The molecule has 0 aromatic heterocycles. The van der Waals surface area contributed by atoms with E-state index in [0.29, 0.717) is 52.1 Å². The summed E-state index contributed by atoms with van der Waals surface area (Å²) in [5, 5.41) is 0.468. The average molecular weight is 470 g/mol. The molecule has 4 rings (SSSR count). The van der Waals surface area contributed by atoms with Crippen molar-refractivity contribution >= 4 is 29.0 Å². The van der Waals surface area contributed by atoms with Gasteiger partial charge in [-0.05, 0) is 30.0 Å². The number of allylic oxidation sites excluding steroid dienone is 2. The fourth-order valence-corrected chi connectivity index (χ4v) is 5.21. The quantitative estimate of drug-likeness (QED) is 0.576. The summed E-state index contributed by atoms with van der Waals surface area (Å²) in [6.07, 6.45) is 1.10. The minimum Gasteiger partial charge on any atom is -0.493 e. The Balaban J connectivity index is 1.96. The van der Waals surface area contributed by atoms with E-state index in [-0.39, 0.29) is 23.5 Å². The minimum absolute atomic E-state index is 0.0349. The minimum atomic E-state index is -0.454. The molecule has 1 atom stereocenters. The summed E-state index contributed by atoms with van der Waals surface area (Å²) >= 11 is 6.48. The van der Waals surface area contributed by atoms with Gasteiger partial charge in [-0.1, -0.05) is 43.6 Å². The first-order valence-corrected chi connectivity index (χ1v) is 11.2. The Labute approximate surface area is 199 Å². The van der Waals surface area contributed by atoms with Crippen molar-refractivity contribution in [1.29, 1.82) is 0 Å². The molecule has 0 bridgehead atoms. The highest BCUT2D eigenvalue weighted by molar-refractivity contribution is 6.34. The van der Waals surface area contributed by atoms with E-state index in [1.165, 1.54) is 7.11 Å². The first-order valence-electron chi connectivity index (χ1n) is 10.8. The Kier molecular flexibility index (Phi) is 6.14. The zero-order chi connectivity index (χ0) is 23.9. The van der Waals surface area contributed by atoms with Crippen molar-refractivity contribution in [2.45, 2.75) is 39.0 Å². The van der Waals surface area contributed by atoms with Crippen molar-refractivity contribution in [3.63, 3.8) is 0 Å². The molecule has 2 aromatic carbocycles. The Morgan fingerprint density at radius 2 is 1.64 bits per heavy atom. The topological polar surface area (TPSA) is 65.1 Å². The summed E-state index contributed by atoms with van der Waals surface area (Å²) in [4.78, 5) is 28.8. The molecule has 6 nitrogen and oxygen atoms in total. The van der Waals surface area contributed by atoms with Gasteiger partial charge < -0.3 is 14.2 Å². The summed E-state index contributed by atoms with van der Waals surface area (Å²) < 4.78 is 16.7. The maximum absolute atomic E-state index is 13.6. The van der Waals surface area contributed by atoms with Gasteiger partial charge in [-0.2, -0.15) is 0 Å². The van der Waals surface area contributed by atoms with E-state index in [9.17, 15) is 9.59 Å². The molecular weight excluding hydrogens is 442 g/mol. The fourth-order valence-electron chi connectivity index (χ4n) is 4.99. The molecular formula is C26H28ClNO5. The Bertz CT molecular complexity index is 1150. The predicted octanol–water partition coefficient (Wildman–Crippen LogP) is 5.53. The van der Waals surface area contributed by atoms with Crippen LogP contribution in [0.1, 0.15) is 44.6 Å². The predicted molar refractivity (Wildman–Crippen MR) is 127 cm³/mol. The van der Waals surface area contributed by atoms with Crippen LogP contribution in [0.4, 0.5) is 5.69 Å². The number of anilines is 1. The summed E-state index contributed by atoms with van der Waals surface area (Å²) in [5.41, 5.74) is 2.39. The molecule has 2 aliphatic rings. The van der Waals surface area contributed by atoms with Crippen LogP contribution in [0.2, 0.25) is 5.02 Å². The van der Waals surface area contributed by atoms with Crippen LogP contribution in [0, 0.1) is 5.41 Å². The van der Waals surface area contributed by atoms with Crippen LogP contribution < -0.4 is 19.1 Å². The summed E-state index contributed by atoms with van der Waals surface area (Å²) in [6, 6.07) is 10.9. The van der Waals surface area contributed by atoms with Crippen molar-refractivity contribution in [2.75, 3.05) is 26.2 Å². The number of benzene rings is 2. The number of methoxy groups -OCH3 is 3. The second kappa shape index (κ2) is 8.75. The normalized spacial score (nSPS) is 19.9. The average Bonchev–Trinajstić information content (AvgIpc) is 2.77. The van der Waals surface area contributed by atoms with Crippen molar-refractivity contribution in [3.05, 3.63) is 58.3 Å². The molecule has 7 heteroatoms. The molecule has 33 heavy (non-hydrogen) atoms. The number of amides is 1. The van der Waals surface area contributed by atoms with Crippen LogP contribution in [0.25, 0.3) is 0 Å². The molecule has 0 unspecified atom stereocenters. The standard InChI is InChI=1S/C26H28ClNO5/c1-26(2)13-19-23(20(29)14-26)16(12-22(30)28(19)18-9-7-6-8-17(18)27)15-10-11-21(31-3)25(33-5)24(15)32-4/h6-11,16H,12-14H2,1-5H3/t16-/m1/s1. The summed E-state index contributed by atoms with van der Waals surface area (Å²) in [5.74, 6) is 0.879. The maximum Gasteiger partial charge on any atom is 0.232 e. The number of hydrogen-bond acceptors (Lipinski definition) is 5. The van der Waals surface area contributed by atoms with Gasteiger partial charge in [0, 0.05) is 35.6 Å². The van der Waals surface area contributed by atoms with E-state index in [0.717, 1.165) is 5.56 Å². The number of ether oxygens (including phenoxy) is 3. The Morgan fingerprint density at radius 1 is 0.939 bits per heavy atom. The van der Waals surface area contributed by atoms with Crippen molar-refractivity contribution < 1.29 is 23.8 Å². The first kappa shape index (κ1) is 23.2. The van der Waals surface area contributed by atoms with E-state index in [1.54, 1.807) is 31.3 Å². The van der Waals surface area contributed by atoms with Crippen molar-refractivity contribution in [3.8, 4) is 17.2 Å². The SMILES string of the molecule is COc1ccc([C@H]2CC(=O)N(c3ccccc3Cl)C3=C2C(=O)CC(C)(C)C3)c(OC)c1OC. The number of halogens is 1. The number of hydrogen-bond donors (Lipinski definition) is 0. The number of rotatable bonds is 5. The van der Waals surface area contributed by atoms with Gasteiger partial charge in [0.25, 0.3) is 0 Å². The largest absolute Gasteiger partial charge is 0.493 e. The van der Waals surface area contributed by atoms with Gasteiger partial charge >= 0.3 is 0 Å². The van der Waals surface area contributed by atoms with Gasteiger partial charge in [-0.15, -0.1) is 0 Å². The number of nitrogens with zero attached hydrogens (tertiary/aromatic N) is 1. The number of carbonyl (C=O) groups excluding carboxylic acids is 2. The second-order valence-electron chi connectivity index (χ2n) is 9.16. The highest BCUT2D eigenvalue weighted by atomic mass is 35.5. The van der Waals surface area contributed by atoms with Gasteiger partial charge in [0.2, 0.25) is 11.7 Å². The molecule has 1 aliphatic heterocycles. The van der Waals surface area contributed by atoms with E-state index in [2.05, 4.69) is 0 Å². The molecule has 0 radical (unpaired) electrons. The number of para-hydroxylation sites is 1. The zero-order valence-corrected chi connectivity index (χ0v) is 20.3. The van der Waals surface area contributed by atoms with Gasteiger partial charge in [-0.25, -0.2) is 0 Å². The number of ketones is 1. The summed E-state index contributed by atoms with van der Waals surface area (Å²) in [6.45, 7) is 4.09. The lowest BCUT2D eigenvalue weighted by molar-refractivity contribution is -0.121. The highest BCUT2D eigenvalue weighted by Gasteiger charge is 2.45. The third kappa shape index (κ3) is 3.97. The molecule has 174 valence electrons. The molecule has 0 saturated heterocycles. The van der Waals surface area contributed by atoms with Crippen LogP contribution in [0.5, 0.6) is 17.2 Å². The smallest absolute Gasteiger partial charge is 0.232 e. The summed E-state index contributed by atoms with van der Waals surface area (Å²) in [7, 11) is 4.63. The first-order chi connectivity index (χ1) is 15.7. The van der Waals surface area contributed by atoms with Crippen molar-refractivity contribution in [2.24, 2.45) is 5.41 Å². The molecule has 0 N–H and O–H groups in total. The van der Waals surface area contributed by atoms with Crippen LogP contribution in [-0.2, 0) is 9.59 Å². The Morgan fingerprint density at radius 3 is 2.27 bits per heavy atom. The number of Topliss-reactive ketones (excluding diaryl/α,β-unsaturated/α-hetero) is 1. The molecule has 2 aromatic rings.